The number of aromatic nitrogens is 1. The van der Waals surface area contributed by atoms with E-state index in [0.29, 0.717) is 36.9 Å². The molecule has 0 saturated carbocycles. The second kappa shape index (κ2) is 7.85. The van der Waals surface area contributed by atoms with E-state index in [1.54, 1.807) is 12.1 Å². The van der Waals surface area contributed by atoms with E-state index in [-0.39, 0.29) is 11.9 Å². The molecular formula is C21H27ClN2O2. The van der Waals surface area contributed by atoms with Crippen LogP contribution in [0.15, 0.2) is 48.8 Å². The number of piperidine rings is 1. The Morgan fingerprint density at radius 2 is 1.73 bits per heavy atom. The zero-order chi connectivity index (χ0) is 18.7. The van der Waals surface area contributed by atoms with Crippen LogP contribution in [0.3, 0.4) is 0 Å². The molecule has 1 atom stereocenters. The van der Waals surface area contributed by atoms with Crippen LogP contribution in [0.2, 0.25) is 5.02 Å². The average Bonchev–Trinajstić information content (AvgIpc) is 3.14. The number of benzene rings is 1. The summed E-state index contributed by atoms with van der Waals surface area (Å²) in [5.74, 6) is 0.579. The number of rotatable bonds is 5. The van der Waals surface area contributed by atoms with Crippen molar-refractivity contribution in [3.05, 3.63) is 59.4 Å². The lowest BCUT2D eigenvalue weighted by Crippen LogP contribution is -2.47. The average molecular weight is 375 g/mol. The predicted molar refractivity (Wildman–Crippen MR) is 104 cm³/mol. The first kappa shape index (κ1) is 19.0. The van der Waals surface area contributed by atoms with E-state index in [1.165, 1.54) is 0 Å². The van der Waals surface area contributed by atoms with Gasteiger partial charge in [-0.25, -0.2) is 0 Å². The standard InChI is InChI=1S/C21H27ClN2O2/c1-16(2)15-19(23-11-3-4-12-23)20(25)24-13-9-21(26,10-14-24)17-5-7-18(22)8-6-17/h3-8,11-12,16,19,26H,9-10,13-15H2,1-2H3/t19-/m1/s1. The van der Waals surface area contributed by atoms with Gasteiger partial charge in [0.05, 0.1) is 5.60 Å². The van der Waals surface area contributed by atoms with Gasteiger partial charge in [0.2, 0.25) is 5.91 Å². The van der Waals surface area contributed by atoms with Crippen molar-refractivity contribution in [2.24, 2.45) is 5.92 Å². The quantitative estimate of drug-likeness (QED) is 0.850. The molecule has 0 radical (unpaired) electrons. The van der Waals surface area contributed by atoms with Gasteiger partial charge in [0.15, 0.2) is 0 Å². The third-order valence-electron chi connectivity index (χ3n) is 5.25. The van der Waals surface area contributed by atoms with Crippen LogP contribution in [-0.4, -0.2) is 33.6 Å². The number of aliphatic hydroxyl groups is 1. The molecule has 1 aromatic carbocycles. The Morgan fingerprint density at radius 1 is 1.15 bits per heavy atom. The highest BCUT2D eigenvalue weighted by atomic mass is 35.5. The van der Waals surface area contributed by atoms with Gasteiger partial charge >= 0.3 is 0 Å². The van der Waals surface area contributed by atoms with Crippen LogP contribution in [-0.2, 0) is 10.4 Å². The summed E-state index contributed by atoms with van der Waals surface area (Å²) in [5.41, 5.74) is -0.0133. The van der Waals surface area contributed by atoms with E-state index < -0.39 is 5.60 Å². The fourth-order valence-corrected chi connectivity index (χ4v) is 3.83. The molecule has 1 N–H and O–H groups in total. The Kier molecular flexibility index (Phi) is 5.73. The predicted octanol–water partition coefficient (Wildman–Crippen LogP) is 4.24. The molecule has 1 aliphatic rings. The van der Waals surface area contributed by atoms with E-state index in [4.69, 9.17) is 11.6 Å². The Labute approximate surface area is 160 Å². The maximum absolute atomic E-state index is 13.1. The van der Waals surface area contributed by atoms with Crippen LogP contribution in [0.5, 0.6) is 0 Å². The van der Waals surface area contributed by atoms with Gasteiger partial charge in [-0.3, -0.25) is 4.79 Å². The number of carbonyl (C=O) groups excluding carboxylic acids is 1. The molecule has 0 bridgehead atoms. The second-order valence-corrected chi connectivity index (χ2v) is 8.08. The van der Waals surface area contributed by atoms with E-state index in [9.17, 15) is 9.90 Å². The van der Waals surface area contributed by atoms with Crippen molar-refractivity contribution in [1.29, 1.82) is 0 Å². The smallest absolute Gasteiger partial charge is 0.245 e. The molecule has 1 amide bonds. The summed E-state index contributed by atoms with van der Waals surface area (Å²) in [4.78, 5) is 15.0. The number of halogens is 1. The maximum atomic E-state index is 13.1. The molecule has 3 rings (SSSR count). The van der Waals surface area contributed by atoms with Crippen LogP contribution in [0.25, 0.3) is 0 Å². The molecule has 2 aromatic rings. The van der Waals surface area contributed by atoms with Gasteiger partial charge in [-0.15, -0.1) is 0 Å². The monoisotopic (exact) mass is 374 g/mol. The molecule has 1 fully saturated rings. The highest BCUT2D eigenvalue weighted by Crippen LogP contribution is 2.34. The SMILES string of the molecule is CC(C)C[C@H](C(=O)N1CCC(O)(c2ccc(Cl)cc2)CC1)n1cccc1. The van der Waals surface area contributed by atoms with E-state index in [0.717, 1.165) is 12.0 Å². The van der Waals surface area contributed by atoms with Gasteiger partial charge in [-0.05, 0) is 55.0 Å². The number of carbonyl (C=O) groups is 1. The Hall–Kier alpha value is -1.78. The number of likely N-dealkylation sites (tertiary alicyclic amines) is 1. The lowest BCUT2D eigenvalue weighted by Gasteiger charge is -2.40. The van der Waals surface area contributed by atoms with Crippen molar-refractivity contribution >= 4 is 17.5 Å². The highest BCUT2D eigenvalue weighted by Gasteiger charge is 2.37. The zero-order valence-electron chi connectivity index (χ0n) is 15.4. The van der Waals surface area contributed by atoms with Crippen molar-refractivity contribution in [1.82, 2.24) is 9.47 Å². The minimum atomic E-state index is -0.887. The molecule has 1 aliphatic heterocycles. The number of amides is 1. The van der Waals surface area contributed by atoms with Crippen molar-refractivity contribution in [2.45, 2.75) is 44.8 Å². The first-order valence-corrected chi connectivity index (χ1v) is 9.66. The molecule has 140 valence electrons. The summed E-state index contributed by atoms with van der Waals surface area (Å²) in [6.07, 6.45) is 5.81. The molecular weight excluding hydrogens is 348 g/mol. The normalized spacial score (nSPS) is 18.1. The fourth-order valence-electron chi connectivity index (χ4n) is 3.71. The van der Waals surface area contributed by atoms with E-state index in [1.807, 2.05) is 46.1 Å². The van der Waals surface area contributed by atoms with Crippen molar-refractivity contribution in [3.8, 4) is 0 Å². The first-order valence-electron chi connectivity index (χ1n) is 9.29. The van der Waals surface area contributed by atoms with Gasteiger partial charge in [0.1, 0.15) is 6.04 Å². The van der Waals surface area contributed by atoms with Crippen LogP contribution < -0.4 is 0 Å². The minimum Gasteiger partial charge on any atom is -0.385 e. The molecule has 0 aliphatic carbocycles. The number of hydrogen-bond acceptors (Lipinski definition) is 2. The van der Waals surface area contributed by atoms with Gasteiger partial charge in [-0.2, -0.15) is 0 Å². The summed E-state index contributed by atoms with van der Waals surface area (Å²) in [5, 5.41) is 11.7. The summed E-state index contributed by atoms with van der Waals surface area (Å²) in [7, 11) is 0. The Balaban J connectivity index is 1.69. The van der Waals surface area contributed by atoms with E-state index >= 15 is 0 Å². The van der Waals surface area contributed by atoms with Gasteiger partial charge in [0, 0.05) is 30.5 Å². The van der Waals surface area contributed by atoms with Gasteiger partial charge in [-0.1, -0.05) is 37.6 Å². The lowest BCUT2D eigenvalue weighted by molar-refractivity contribution is -0.139. The van der Waals surface area contributed by atoms with Crippen molar-refractivity contribution in [2.75, 3.05) is 13.1 Å². The summed E-state index contributed by atoms with van der Waals surface area (Å²) in [6, 6.07) is 11.1. The first-order chi connectivity index (χ1) is 12.4. The third kappa shape index (κ3) is 4.13. The molecule has 0 spiro atoms. The second-order valence-electron chi connectivity index (χ2n) is 7.64. The third-order valence-corrected chi connectivity index (χ3v) is 5.50. The summed E-state index contributed by atoms with van der Waals surface area (Å²) in [6.45, 7) is 5.40. The topological polar surface area (TPSA) is 45.5 Å². The van der Waals surface area contributed by atoms with E-state index in [2.05, 4.69) is 13.8 Å². The Morgan fingerprint density at radius 3 is 2.27 bits per heavy atom. The summed E-state index contributed by atoms with van der Waals surface area (Å²) < 4.78 is 2.00. The Bertz CT molecular complexity index is 717. The largest absolute Gasteiger partial charge is 0.385 e. The molecule has 1 aromatic heterocycles. The van der Waals surface area contributed by atoms with Crippen LogP contribution in [0.1, 0.15) is 44.7 Å². The molecule has 26 heavy (non-hydrogen) atoms. The molecule has 4 nitrogen and oxygen atoms in total. The van der Waals surface area contributed by atoms with Crippen LogP contribution >= 0.6 is 11.6 Å². The van der Waals surface area contributed by atoms with Crippen molar-refractivity contribution < 1.29 is 9.90 Å². The maximum Gasteiger partial charge on any atom is 0.245 e. The fraction of sp³-hybridized carbons (Fsp3) is 0.476. The van der Waals surface area contributed by atoms with Gasteiger partial charge < -0.3 is 14.6 Å². The highest BCUT2D eigenvalue weighted by molar-refractivity contribution is 6.30. The van der Waals surface area contributed by atoms with Crippen LogP contribution in [0.4, 0.5) is 0 Å². The van der Waals surface area contributed by atoms with Crippen molar-refractivity contribution in [3.63, 3.8) is 0 Å². The molecule has 5 heteroatoms. The summed E-state index contributed by atoms with van der Waals surface area (Å²) >= 11 is 5.95. The zero-order valence-corrected chi connectivity index (χ0v) is 16.2. The molecule has 1 saturated heterocycles. The van der Waals surface area contributed by atoms with Gasteiger partial charge in [0.25, 0.3) is 0 Å². The number of hydrogen-bond donors (Lipinski definition) is 1. The number of nitrogens with zero attached hydrogens (tertiary/aromatic N) is 2. The molecule has 2 heterocycles. The minimum absolute atomic E-state index is 0.146. The lowest BCUT2D eigenvalue weighted by atomic mass is 9.84. The van der Waals surface area contributed by atoms with Crippen LogP contribution in [0, 0.1) is 5.92 Å². The molecule has 0 unspecified atom stereocenters.